The summed E-state index contributed by atoms with van der Waals surface area (Å²) in [5.41, 5.74) is 0.862. The van der Waals surface area contributed by atoms with E-state index in [2.05, 4.69) is 0 Å². The van der Waals surface area contributed by atoms with Crippen LogP contribution >= 0.6 is 0 Å². The van der Waals surface area contributed by atoms with Crippen molar-refractivity contribution in [2.24, 2.45) is 0 Å². The van der Waals surface area contributed by atoms with Crippen molar-refractivity contribution >= 4 is 27.0 Å². The van der Waals surface area contributed by atoms with Gasteiger partial charge in [0, 0.05) is 26.2 Å². The van der Waals surface area contributed by atoms with E-state index >= 15 is 0 Å². The van der Waals surface area contributed by atoms with Crippen molar-refractivity contribution in [3.63, 3.8) is 0 Å². The second-order valence-electron chi connectivity index (χ2n) is 3.00. The van der Waals surface area contributed by atoms with E-state index in [-0.39, 0.29) is 39.1 Å². The molecule has 80 valence electrons. The van der Waals surface area contributed by atoms with E-state index < -0.39 is 11.9 Å². The summed E-state index contributed by atoms with van der Waals surface area (Å²) in [7, 11) is 1.98. The van der Waals surface area contributed by atoms with Crippen LogP contribution in [0, 0.1) is 6.92 Å². The fourth-order valence-corrected chi connectivity index (χ4v) is 1.30. The average molecular weight is 295 g/mol. The van der Waals surface area contributed by atoms with Crippen LogP contribution in [0.25, 0.3) is 0 Å². The van der Waals surface area contributed by atoms with Crippen LogP contribution in [0.2, 0.25) is 0 Å². The zero-order valence-corrected chi connectivity index (χ0v) is 11.6. The molecule has 0 spiro atoms. The number of hydrogen-bond donors (Lipinski definition) is 1. The number of aromatic carboxylic acids is 1. The number of benzene rings is 1. The quantitative estimate of drug-likeness (QED) is 0.781. The molecule has 0 aliphatic rings. The summed E-state index contributed by atoms with van der Waals surface area (Å²) in [5, 5.41) is 8.85. The van der Waals surface area contributed by atoms with Gasteiger partial charge in [0.2, 0.25) is 0 Å². The Morgan fingerprint density at radius 1 is 1.38 bits per heavy atom. The van der Waals surface area contributed by atoms with Gasteiger partial charge < -0.3 is 9.76 Å². The zero-order valence-electron chi connectivity index (χ0n) is 9.11. The number of carbonyl (C=O) groups is 2. The van der Waals surface area contributed by atoms with Gasteiger partial charge in [-0.3, -0.25) is 0 Å². The maximum atomic E-state index is 11.4. The zero-order chi connectivity index (χ0) is 11.4. The van der Waals surface area contributed by atoms with Crippen LogP contribution in [0.15, 0.2) is 18.2 Å². The molecule has 16 heavy (non-hydrogen) atoms. The molecule has 0 unspecified atom stereocenters. The summed E-state index contributed by atoms with van der Waals surface area (Å²) in [5.74, 6) is -1.53. The topological polar surface area (TPSA) is 63.6 Å². The predicted molar refractivity (Wildman–Crippen MR) is 59.2 cm³/mol. The second-order valence-corrected chi connectivity index (χ2v) is 3.00. The molecule has 1 aromatic carbocycles. The monoisotopic (exact) mass is 294 g/mol. The Kier molecular flexibility index (Phi) is 6.34. The van der Waals surface area contributed by atoms with Crippen molar-refractivity contribution in [3.8, 4) is 0 Å². The van der Waals surface area contributed by atoms with Gasteiger partial charge in [0.1, 0.15) is 7.74 Å². The molecule has 0 amide bonds. The third-order valence-electron chi connectivity index (χ3n) is 2.06. The molecular formula is C9H10B2O4Zr. The minimum atomic E-state index is -1.04. The molecule has 0 atom stereocenters. The first-order valence-electron chi connectivity index (χ1n) is 4.58. The number of rotatable bonds is 3. The summed E-state index contributed by atoms with van der Waals surface area (Å²) in [6.07, 6.45) is 0. The SMILES string of the molecule is BBOC(=O)c1cccc(C(=O)O)c1C.[Zr]. The molecule has 0 heterocycles. The van der Waals surface area contributed by atoms with Gasteiger partial charge in [0.25, 0.3) is 7.37 Å². The van der Waals surface area contributed by atoms with E-state index in [0.717, 1.165) is 0 Å². The van der Waals surface area contributed by atoms with Gasteiger partial charge in [-0.2, -0.15) is 0 Å². The third kappa shape index (κ3) is 3.34. The molecule has 0 bridgehead atoms. The predicted octanol–water partition coefficient (Wildman–Crippen LogP) is -0.253. The van der Waals surface area contributed by atoms with Crippen molar-refractivity contribution in [1.82, 2.24) is 0 Å². The standard InChI is InChI=1S/C9H10B2O4.Zr/c1-5-6(8(12)13)3-2-4-7(5)9(14)15-11-10;/h2-4,11H,10H2,1H3,(H,12,13);. The van der Waals surface area contributed by atoms with Crippen molar-refractivity contribution in [2.45, 2.75) is 6.92 Å². The van der Waals surface area contributed by atoms with Gasteiger partial charge >= 0.3 is 11.9 Å². The fraction of sp³-hybridized carbons (Fsp3) is 0.111. The first-order chi connectivity index (χ1) is 7.07. The van der Waals surface area contributed by atoms with Crippen LogP contribution in [-0.4, -0.2) is 32.2 Å². The van der Waals surface area contributed by atoms with E-state index in [4.69, 9.17) is 9.76 Å². The van der Waals surface area contributed by atoms with E-state index in [1.165, 1.54) is 12.1 Å². The number of carbonyl (C=O) groups excluding carboxylic acids is 1. The van der Waals surface area contributed by atoms with Crippen molar-refractivity contribution in [3.05, 3.63) is 34.9 Å². The molecule has 1 rings (SSSR count). The first kappa shape index (κ1) is 15.2. The third-order valence-corrected chi connectivity index (χ3v) is 2.06. The molecule has 0 aliphatic carbocycles. The van der Waals surface area contributed by atoms with Crippen molar-refractivity contribution < 1.29 is 45.6 Å². The van der Waals surface area contributed by atoms with Crippen LogP contribution in [0.5, 0.6) is 0 Å². The van der Waals surface area contributed by atoms with Crippen LogP contribution in [-0.2, 0) is 30.9 Å². The Balaban J connectivity index is 0.00000225. The van der Waals surface area contributed by atoms with E-state index in [1.807, 2.05) is 0 Å². The van der Waals surface area contributed by atoms with Crippen LogP contribution in [0.3, 0.4) is 0 Å². The molecule has 0 saturated carbocycles. The van der Waals surface area contributed by atoms with E-state index in [9.17, 15) is 9.59 Å². The molecule has 1 N–H and O–H groups in total. The van der Waals surface area contributed by atoms with E-state index in [0.29, 0.717) is 11.1 Å². The number of hydrogen-bond acceptors (Lipinski definition) is 3. The fourth-order valence-electron chi connectivity index (χ4n) is 1.30. The molecule has 7 heteroatoms. The van der Waals surface area contributed by atoms with Gasteiger partial charge in [0.05, 0.1) is 11.1 Å². The minimum Gasteiger partial charge on any atom is -0.545 e. The summed E-state index contributed by atoms with van der Waals surface area (Å²) in [6.45, 7) is 1.59. The van der Waals surface area contributed by atoms with Crippen LogP contribution < -0.4 is 0 Å². The molecule has 0 radical (unpaired) electrons. The molecule has 0 aromatic heterocycles. The Labute approximate surface area is 114 Å². The Hall–Kier alpha value is -0.827. The molecule has 0 fully saturated rings. The van der Waals surface area contributed by atoms with Gasteiger partial charge in [-0.05, 0) is 24.6 Å². The second kappa shape index (κ2) is 6.69. The van der Waals surface area contributed by atoms with Crippen LogP contribution in [0.1, 0.15) is 26.3 Å². The molecular weight excluding hydrogens is 285 g/mol. The number of carboxylic acids is 1. The summed E-state index contributed by atoms with van der Waals surface area (Å²) in [6, 6.07) is 4.54. The van der Waals surface area contributed by atoms with Gasteiger partial charge in [-0.1, -0.05) is 6.07 Å². The van der Waals surface area contributed by atoms with E-state index in [1.54, 1.807) is 20.7 Å². The minimum absolute atomic E-state index is 0. The van der Waals surface area contributed by atoms with Crippen molar-refractivity contribution in [1.29, 1.82) is 0 Å². The normalized spacial score (nSPS) is 8.81. The molecule has 4 nitrogen and oxygen atoms in total. The molecule has 1 aromatic rings. The smallest absolute Gasteiger partial charge is 0.335 e. The Morgan fingerprint density at radius 2 is 1.94 bits per heavy atom. The summed E-state index contributed by atoms with van der Waals surface area (Å²) in [4.78, 5) is 22.2. The van der Waals surface area contributed by atoms with Gasteiger partial charge in [0.15, 0.2) is 0 Å². The molecule has 0 saturated heterocycles. The first-order valence-corrected chi connectivity index (χ1v) is 4.58. The maximum Gasteiger partial charge on any atom is 0.335 e. The van der Waals surface area contributed by atoms with Gasteiger partial charge in [-0.25, -0.2) is 9.59 Å². The van der Waals surface area contributed by atoms with Crippen LogP contribution in [0.4, 0.5) is 0 Å². The average Bonchev–Trinajstić information content (AvgIpc) is 2.17. The Morgan fingerprint density at radius 3 is 2.44 bits per heavy atom. The summed E-state index contributed by atoms with van der Waals surface area (Å²) >= 11 is 0. The van der Waals surface area contributed by atoms with Crippen molar-refractivity contribution in [2.75, 3.05) is 0 Å². The summed E-state index contributed by atoms with van der Waals surface area (Å²) < 4.78 is 4.81. The number of carboxylic acid groups (broad SMARTS) is 1. The largest absolute Gasteiger partial charge is 0.545 e. The van der Waals surface area contributed by atoms with Gasteiger partial charge in [-0.15, -0.1) is 0 Å². The Bertz CT molecular complexity index is 408. The maximum absolute atomic E-state index is 11.4. The molecule has 0 aliphatic heterocycles.